The van der Waals surface area contributed by atoms with Gasteiger partial charge in [-0.1, -0.05) is 57.8 Å². The molecule has 2 saturated carbocycles. The molecule has 1 aromatic heterocycles. The number of rotatable bonds is 9. The molecule has 0 aromatic carbocycles. The molecule has 0 aliphatic heterocycles. The zero-order valence-electron chi connectivity index (χ0n) is 18.4. The van der Waals surface area contributed by atoms with Gasteiger partial charge in [0.1, 0.15) is 0 Å². The lowest BCUT2D eigenvalue weighted by atomic mass is 9.88. The first-order valence-corrected chi connectivity index (χ1v) is 14.5. The van der Waals surface area contributed by atoms with Crippen molar-refractivity contribution in [2.75, 3.05) is 0 Å². The lowest BCUT2D eigenvalue weighted by Gasteiger charge is -2.35. The molecule has 0 bridgehead atoms. The van der Waals surface area contributed by atoms with Crippen LogP contribution >= 0.6 is 23.2 Å². The zero-order chi connectivity index (χ0) is 20.7. The van der Waals surface area contributed by atoms with Gasteiger partial charge in [0.25, 0.3) is 0 Å². The zero-order valence-corrected chi connectivity index (χ0v) is 21.0. The number of aromatic nitrogens is 1. The van der Waals surface area contributed by atoms with Crippen molar-refractivity contribution in [3.8, 4) is 0 Å². The first kappa shape index (κ1) is 22.6. The molecule has 0 spiro atoms. The second-order valence-electron chi connectivity index (χ2n) is 9.72. The van der Waals surface area contributed by atoms with Gasteiger partial charge in [0.05, 0.1) is 21.8 Å². The fourth-order valence-electron chi connectivity index (χ4n) is 5.67. The van der Waals surface area contributed by atoms with Gasteiger partial charge < -0.3 is 4.43 Å². The second-order valence-corrected chi connectivity index (χ2v) is 15.2. The Morgan fingerprint density at radius 2 is 1.71 bits per heavy atom. The molecule has 2 aliphatic rings. The standard InChI is InChI=1S/C23H37Cl2NOSi/c1-7-28(8-2,9-3)27-20(21-19(24)14-26-15(4)22(21)25)11-10-16-12-17-18(13-16)23(17,5)6/h14,16-18,20H,7-13H2,1-6H3/t16?,17-,18+,20?. The van der Waals surface area contributed by atoms with E-state index >= 15 is 0 Å². The molecule has 1 heterocycles. The Morgan fingerprint density at radius 3 is 2.25 bits per heavy atom. The van der Waals surface area contributed by atoms with E-state index in [1.807, 2.05) is 6.92 Å². The number of halogens is 2. The van der Waals surface area contributed by atoms with Gasteiger partial charge in [-0.3, -0.25) is 4.98 Å². The van der Waals surface area contributed by atoms with E-state index < -0.39 is 8.32 Å². The lowest BCUT2D eigenvalue weighted by molar-refractivity contribution is 0.165. The molecule has 158 valence electrons. The first-order valence-electron chi connectivity index (χ1n) is 11.2. The van der Waals surface area contributed by atoms with E-state index in [0.717, 1.165) is 53.6 Å². The van der Waals surface area contributed by atoms with Crippen molar-refractivity contribution in [1.82, 2.24) is 4.98 Å². The Hall–Kier alpha value is -0.0931. The molecule has 2 fully saturated rings. The second kappa shape index (κ2) is 8.57. The quantitative estimate of drug-likeness (QED) is 0.359. The molecular formula is C23H37Cl2NOSi. The largest absolute Gasteiger partial charge is 0.410 e. The van der Waals surface area contributed by atoms with Crippen molar-refractivity contribution in [2.45, 2.75) is 91.5 Å². The van der Waals surface area contributed by atoms with Crippen LogP contribution < -0.4 is 0 Å². The van der Waals surface area contributed by atoms with Gasteiger partial charge in [-0.2, -0.15) is 0 Å². The SMILES string of the molecule is CC[Si](CC)(CC)OC(CCC1C[C@@H]2[C@H](C1)C2(C)C)c1c(Cl)cnc(C)c1Cl. The van der Waals surface area contributed by atoms with Crippen LogP contribution in [0.15, 0.2) is 6.20 Å². The summed E-state index contributed by atoms with van der Waals surface area (Å²) in [6.07, 6.45) is 6.75. The fraction of sp³-hybridized carbons (Fsp3) is 0.783. The van der Waals surface area contributed by atoms with E-state index in [0.29, 0.717) is 15.5 Å². The van der Waals surface area contributed by atoms with E-state index in [1.54, 1.807) is 6.20 Å². The summed E-state index contributed by atoms with van der Waals surface area (Å²) in [4.78, 5) is 4.34. The van der Waals surface area contributed by atoms with E-state index in [2.05, 4.69) is 39.6 Å². The Labute approximate surface area is 182 Å². The first-order chi connectivity index (χ1) is 13.2. The number of nitrogens with zero attached hydrogens (tertiary/aromatic N) is 1. The van der Waals surface area contributed by atoms with Crippen molar-refractivity contribution < 1.29 is 4.43 Å². The summed E-state index contributed by atoms with van der Waals surface area (Å²) in [5, 5.41) is 1.35. The van der Waals surface area contributed by atoms with Gasteiger partial charge in [0.15, 0.2) is 8.32 Å². The number of hydrogen-bond acceptors (Lipinski definition) is 2. The Morgan fingerprint density at radius 1 is 1.14 bits per heavy atom. The van der Waals surface area contributed by atoms with E-state index in [4.69, 9.17) is 27.6 Å². The van der Waals surface area contributed by atoms with E-state index in [9.17, 15) is 0 Å². The molecule has 0 radical (unpaired) electrons. The van der Waals surface area contributed by atoms with Gasteiger partial charge in [0, 0.05) is 11.8 Å². The van der Waals surface area contributed by atoms with E-state index in [1.165, 1.54) is 19.3 Å². The molecule has 28 heavy (non-hydrogen) atoms. The fourth-order valence-corrected chi connectivity index (χ4v) is 9.09. The van der Waals surface area contributed by atoms with E-state index in [-0.39, 0.29) is 6.10 Å². The maximum Gasteiger partial charge on any atom is 0.192 e. The van der Waals surface area contributed by atoms with Crippen LogP contribution in [0.2, 0.25) is 28.2 Å². The summed E-state index contributed by atoms with van der Waals surface area (Å²) in [5.74, 6) is 2.72. The minimum absolute atomic E-state index is 0.00171. The average Bonchev–Trinajstić information content (AvgIpc) is 3.01. The summed E-state index contributed by atoms with van der Waals surface area (Å²) < 4.78 is 6.97. The van der Waals surface area contributed by atoms with Crippen molar-refractivity contribution in [1.29, 1.82) is 0 Å². The van der Waals surface area contributed by atoms with Crippen LogP contribution in [0.1, 0.15) is 77.7 Å². The number of fused-ring (bicyclic) bond motifs is 1. The molecular weight excluding hydrogens is 405 g/mol. The predicted octanol–water partition coefficient (Wildman–Crippen LogP) is 8.22. The minimum atomic E-state index is -1.77. The predicted molar refractivity (Wildman–Crippen MR) is 123 cm³/mol. The topological polar surface area (TPSA) is 22.1 Å². The Kier molecular flexibility index (Phi) is 6.91. The molecule has 2 nitrogen and oxygen atoms in total. The minimum Gasteiger partial charge on any atom is -0.410 e. The lowest BCUT2D eigenvalue weighted by Crippen LogP contribution is -2.37. The van der Waals surface area contributed by atoms with Crippen LogP contribution in [0.4, 0.5) is 0 Å². The Balaban J connectivity index is 1.78. The molecule has 5 heteroatoms. The summed E-state index contributed by atoms with van der Waals surface area (Å²) in [5.41, 5.74) is 2.41. The highest BCUT2D eigenvalue weighted by molar-refractivity contribution is 6.73. The summed E-state index contributed by atoms with van der Waals surface area (Å²) >= 11 is 13.3. The van der Waals surface area contributed by atoms with Crippen molar-refractivity contribution in [2.24, 2.45) is 23.2 Å². The van der Waals surface area contributed by atoms with Crippen LogP contribution in [0.3, 0.4) is 0 Å². The highest BCUT2D eigenvalue weighted by Gasteiger charge is 2.61. The molecule has 1 aromatic rings. The highest BCUT2D eigenvalue weighted by atomic mass is 35.5. The smallest absolute Gasteiger partial charge is 0.192 e. The maximum atomic E-state index is 6.97. The Bertz CT molecular complexity index is 682. The third kappa shape index (κ3) is 4.19. The third-order valence-corrected chi connectivity index (χ3v) is 13.6. The average molecular weight is 443 g/mol. The maximum absolute atomic E-state index is 6.97. The van der Waals surface area contributed by atoms with Gasteiger partial charge >= 0.3 is 0 Å². The van der Waals surface area contributed by atoms with Crippen LogP contribution in [0.5, 0.6) is 0 Å². The molecule has 2 aliphatic carbocycles. The number of pyridine rings is 1. The van der Waals surface area contributed by atoms with Crippen LogP contribution in [-0.2, 0) is 4.43 Å². The molecule has 4 atom stereocenters. The van der Waals surface area contributed by atoms with Crippen LogP contribution in [-0.4, -0.2) is 13.3 Å². The molecule has 0 N–H and O–H groups in total. The van der Waals surface area contributed by atoms with Gasteiger partial charge in [0.2, 0.25) is 0 Å². The molecule has 2 unspecified atom stereocenters. The van der Waals surface area contributed by atoms with Gasteiger partial charge in [-0.05, 0) is 73.9 Å². The highest BCUT2D eigenvalue weighted by Crippen LogP contribution is 2.68. The summed E-state index contributed by atoms with van der Waals surface area (Å²) in [6, 6.07) is 3.41. The normalized spacial score (nSPS) is 26.9. The third-order valence-electron chi connectivity index (χ3n) is 8.13. The van der Waals surface area contributed by atoms with Crippen molar-refractivity contribution >= 4 is 31.5 Å². The number of hydrogen-bond donors (Lipinski definition) is 0. The van der Waals surface area contributed by atoms with Crippen LogP contribution in [0.25, 0.3) is 0 Å². The monoisotopic (exact) mass is 441 g/mol. The van der Waals surface area contributed by atoms with Crippen molar-refractivity contribution in [3.63, 3.8) is 0 Å². The van der Waals surface area contributed by atoms with Crippen molar-refractivity contribution in [3.05, 3.63) is 27.5 Å². The van der Waals surface area contributed by atoms with Gasteiger partial charge in [-0.25, -0.2) is 0 Å². The summed E-state index contributed by atoms with van der Waals surface area (Å²) in [6.45, 7) is 13.7. The number of aryl methyl sites for hydroxylation is 1. The van der Waals surface area contributed by atoms with Gasteiger partial charge in [-0.15, -0.1) is 0 Å². The molecule has 0 amide bonds. The molecule has 3 rings (SSSR count). The molecule has 0 saturated heterocycles. The summed E-state index contributed by atoms with van der Waals surface area (Å²) in [7, 11) is -1.77. The van der Waals surface area contributed by atoms with Crippen LogP contribution in [0, 0.1) is 30.1 Å².